The number of benzene rings is 3. The van der Waals surface area contributed by atoms with Gasteiger partial charge >= 0.3 is 0 Å². The molecule has 1 saturated carbocycles. The van der Waals surface area contributed by atoms with Crippen molar-refractivity contribution in [2.45, 2.75) is 69.6 Å². The van der Waals surface area contributed by atoms with E-state index in [0.717, 1.165) is 83.9 Å². The van der Waals surface area contributed by atoms with Gasteiger partial charge in [0.25, 0.3) is 0 Å². The molecule has 0 spiro atoms. The van der Waals surface area contributed by atoms with Crippen molar-refractivity contribution in [1.29, 1.82) is 0 Å². The molecule has 4 aromatic rings. The second-order valence-electron chi connectivity index (χ2n) is 10.8. The number of anilines is 1. The van der Waals surface area contributed by atoms with Crippen molar-refractivity contribution in [2.24, 2.45) is 5.92 Å². The first-order chi connectivity index (χ1) is 19.4. The number of hydrogen-bond donors (Lipinski definition) is 3. The van der Waals surface area contributed by atoms with Gasteiger partial charge < -0.3 is 10.3 Å². The van der Waals surface area contributed by atoms with E-state index in [0.29, 0.717) is 6.42 Å². The summed E-state index contributed by atoms with van der Waals surface area (Å²) >= 11 is 0. The van der Waals surface area contributed by atoms with Gasteiger partial charge in [-0.3, -0.25) is 4.79 Å². The number of aryl methyl sites for hydroxylation is 1. The molecule has 0 unspecified atom stereocenters. The first-order valence-corrected chi connectivity index (χ1v) is 16.0. The number of carbonyl (C=O) groups is 1. The van der Waals surface area contributed by atoms with Crippen LogP contribution >= 0.6 is 0 Å². The van der Waals surface area contributed by atoms with Crippen molar-refractivity contribution in [3.63, 3.8) is 0 Å². The van der Waals surface area contributed by atoms with E-state index in [-0.39, 0.29) is 23.3 Å². The largest absolute Gasteiger partial charge is 0.354 e. The van der Waals surface area contributed by atoms with Gasteiger partial charge in [-0.05, 0) is 73.6 Å². The summed E-state index contributed by atoms with van der Waals surface area (Å²) in [6, 6.07) is 23.2. The van der Waals surface area contributed by atoms with E-state index in [1.54, 1.807) is 12.1 Å². The molecule has 0 radical (unpaired) electrons. The molecule has 0 saturated heterocycles. The Morgan fingerprint density at radius 2 is 1.70 bits per heavy atom. The summed E-state index contributed by atoms with van der Waals surface area (Å²) in [5.41, 5.74) is 5.87. The number of unbranched alkanes of at least 4 members (excludes halogenated alkanes) is 2. The molecular formula is C33H39N3O3S. The van der Waals surface area contributed by atoms with E-state index in [1.807, 2.05) is 54.6 Å². The molecule has 1 heterocycles. The standard InChI is InChI=1S/C33H39N3O3S/c1-2-3-4-10-24-17-19-28(20-18-24)40(38,39)34-22-21-30-29-15-7-8-16-31(29)36-32(30)26-13-9-14-27(23-26)35-33(37)25-11-5-6-12-25/h7-9,13-20,23,25,34,36H,2-6,10-12,21-22H2,1H3,(H,35,37). The van der Waals surface area contributed by atoms with Gasteiger partial charge in [0, 0.05) is 40.3 Å². The van der Waals surface area contributed by atoms with Crippen molar-refractivity contribution < 1.29 is 13.2 Å². The van der Waals surface area contributed by atoms with Crippen molar-refractivity contribution >= 4 is 32.5 Å². The Morgan fingerprint density at radius 3 is 2.48 bits per heavy atom. The maximum absolute atomic E-state index is 13.0. The molecule has 7 heteroatoms. The van der Waals surface area contributed by atoms with E-state index in [2.05, 4.69) is 28.0 Å². The van der Waals surface area contributed by atoms with Crippen LogP contribution in [0.15, 0.2) is 77.7 Å². The molecule has 3 N–H and O–H groups in total. The summed E-state index contributed by atoms with van der Waals surface area (Å²) in [5.74, 6) is 0.187. The summed E-state index contributed by atoms with van der Waals surface area (Å²) in [6.45, 7) is 2.45. The summed E-state index contributed by atoms with van der Waals surface area (Å²) in [6.07, 6.45) is 9.09. The van der Waals surface area contributed by atoms with E-state index >= 15 is 0 Å². The number of aromatic amines is 1. The van der Waals surface area contributed by atoms with E-state index in [1.165, 1.54) is 6.42 Å². The maximum atomic E-state index is 13.0. The van der Waals surface area contributed by atoms with Crippen LogP contribution in [0, 0.1) is 5.92 Å². The normalized spacial score (nSPS) is 14.1. The van der Waals surface area contributed by atoms with E-state index in [9.17, 15) is 13.2 Å². The number of rotatable bonds is 12. The van der Waals surface area contributed by atoms with Crippen LogP contribution < -0.4 is 10.0 Å². The fourth-order valence-corrected chi connectivity index (χ4v) is 6.73. The van der Waals surface area contributed by atoms with Crippen LogP contribution in [0.4, 0.5) is 5.69 Å². The number of aromatic nitrogens is 1. The minimum absolute atomic E-state index is 0.0925. The van der Waals surface area contributed by atoms with Crippen molar-refractivity contribution in [3.8, 4) is 11.3 Å². The third-order valence-corrected chi connectivity index (χ3v) is 9.41. The van der Waals surface area contributed by atoms with Gasteiger partial charge in [-0.2, -0.15) is 0 Å². The van der Waals surface area contributed by atoms with Crippen LogP contribution in [0.1, 0.15) is 63.0 Å². The number of amides is 1. The fraction of sp³-hybridized carbons (Fsp3) is 0.364. The van der Waals surface area contributed by atoms with Crippen LogP contribution in [0.3, 0.4) is 0 Å². The average Bonchev–Trinajstić information content (AvgIpc) is 3.63. The molecule has 0 aliphatic heterocycles. The molecule has 1 fully saturated rings. The summed E-state index contributed by atoms with van der Waals surface area (Å²) < 4.78 is 28.9. The summed E-state index contributed by atoms with van der Waals surface area (Å²) in [5, 5.41) is 4.17. The number of nitrogens with one attached hydrogen (secondary N) is 3. The van der Waals surface area contributed by atoms with Crippen molar-refractivity contribution in [3.05, 3.63) is 83.9 Å². The average molecular weight is 558 g/mol. The molecule has 3 aromatic carbocycles. The first-order valence-electron chi connectivity index (χ1n) is 14.5. The van der Waals surface area contributed by atoms with Crippen molar-refractivity contribution in [2.75, 3.05) is 11.9 Å². The lowest BCUT2D eigenvalue weighted by Crippen LogP contribution is -2.26. The predicted octanol–water partition coefficient (Wildman–Crippen LogP) is 7.22. The molecule has 1 aliphatic carbocycles. The molecule has 1 aromatic heterocycles. The molecule has 1 aliphatic rings. The number of H-pyrrole nitrogens is 1. The quantitative estimate of drug-likeness (QED) is 0.161. The first kappa shape index (κ1) is 28.1. The number of para-hydroxylation sites is 1. The van der Waals surface area contributed by atoms with Crippen LogP contribution in [0.25, 0.3) is 22.2 Å². The highest BCUT2D eigenvalue weighted by atomic mass is 32.2. The smallest absolute Gasteiger partial charge is 0.240 e. The lowest BCUT2D eigenvalue weighted by atomic mass is 10.0. The van der Waals surface area contributed by atoms with E-state index < -0.39 is 10.0 Å². The van der Waals surface area contributed by atoms with Gasteiger partial charge in [0.1, 0.15) is 0 Å². The Kier molecular flexibility index (Phi) is 9.02. The number of hydrogen-bond acceptors (Lipinski definition) is 3. The third kappa shape index (κ3) is 6.65. The zero-order valence-electron chi connectivity index (χ0n) is 23.2. The van der Waals surface area contributed by atoms with Gasteiger partial charge in [0.2, 0.25) is 15.9 Å². The Bertz CT molecular complexity index is 1550. The van der Waals surface area contributed by atoms with Gasteiger partial charge in [0.05, 0.1) is 4.90 Å². The summed E-state index contributed by atoms with van der Waals surface area (Å²) in [7, 11) is -3.62. The maximum Gasteiger partial charge on any atom is 0.240 e. The molecular weight excluding hydrogens is 518 g/mol. The Labute approximate surface area is 237 Å². The Balaban J connectivity index is 1.31. The molecule has 1 amide bonds. The third-order valence-electron chi connectivity index (χ3n) is 7.93. The highest BCUT2D eigenvalue weighted by Gasteiger charge is 2.23. The number of fused-ring (bicyclic) bond motifs is 1. The Hall–Kier alpha value is -3.42. The zero-order chi connectivity index (χ0) is 28.0. The highest BCUT2D eigenvalue weighted by molar-refractivity contribution is 7.89. The molecule has 210 valence electrons. The summed E-state index contributed by atoms with van der Waals surface area (Å²) in [4.78, 5) is 16.5. The van der Waals surface area contributed by atoms with E-state index in [4.69, 9.17) is 0 Å². The van der Waals surface area contributed by atoms with Gasteiger partial charge in [-0.1, -0.05) is 75.1 Å². The predicted molar refractivity (Wildman–Crippen MR) is 163 cm³/mol. The SMILES string of the molecule is CCCCCc1ccc(S(=O)(=O)NCCc2c(-c3cccc(NC(=O)C4CCCC4)c3)[nH]c3ccccc23)cc1. The minimum atomic E-state index is -3.62. The Morgan fingerprint density at radius 1 is 0.925 bits per heavy atom. The molecule has 0 atom stereocenters. The lowest BCUT2D eigenvalue weighted by molar-refractivity contribution is -0.119. The molecule has 40 heavy (non-hydrogen) atoms. The van der Waals surface area contributed by atoms with Crippen LogP contribution in [0.5, 0.6) is 0 Å². The van der Waals surface area contributed by atoms with Gasteiger partial charge in [0.15, 0.2) is 0 Å². The topological polar surface area (TPSA) is 91.1 Å². The van der Waals surface area contributed by atoms with Crippen LogP contribution in [-0.4, -0.2) is 25.9 Å². The fourth-order valence-electron chi connectivity index (χ4n) is 5.70. The van der Waals surface area contributed by atoms with Crippen LogP contribution in [-0.2, 0) is 27.7 Å². The van der Waals surface area contributed by atoms with Gasteiger partial charge in [-0.15, -0.1) is 0 Å². The number of sulfonamides is 1. The molecule has 5 rings (SSSR count). The zero-order valence-corrected chi connectivity index (χ0v) is 24.0. The monoisotopic (exact) mass is 557 g/mol. The minimum Gasteiger partial charge on any atom is -0.354 e. The molecule has 0 bridgehead atoms. The van der Waals surface area contributed by atoms with Crippen molar-refractivity contribution in [1.82, 2.24) is 9.71 Å². The second kappa shape index (κ2) is 12.8. The number of carbonyl (C=O) groups excluding carboxylic acids is 1. The lowest BCUT2D eigenvalue weighted by Gasteiger charge is -2.12. The highest BCUT2D eigenvalue weighted by Crippen LogP contribution is 2.33. The second-order valence-corrected chi connectivity index (χ2v) is 12.6. The van der Waals surface area contributed by atoms with Crippen LogP contribution in [0.2, 0.25) is 0 Å². The molecule has 6 nitrogen and oxygen atoms in total. The van der Waals surface area contributed by atoms with Gasteiger partial charge in [-0.25, -0.2) is 13.1 Å².